The van der Waals surface area contributed by atoms with Crippen LogP contribution in [0.2, 0.25) is 0 Å². The zero-order valence-corrected chi connectivity index (χ0v) is 11.3. The van der Waals surface area contributed by atoms with E-state index in [0.717, 1.165) is 24.8 Å². The molecule has 0 bridgehead atoms. The summed E-state index contributed by atoms with van der Waals surface area (Å²) in [7, 11) is 0. The van der Waals surface area contributed by atoms with Crippen LogP contribution in [0.4, 0.5) is 0 Å². The van der Waals surface area contributed by atoms with Crippen LogP contribution < -0.4 is 0 Å². The second kappa shape index (κ2) is 4.60. The Morgan fingerprint density at radius 2 is 2.00 bits per heavy atom. The van der Waals surface area contributed by atoms with E-state index in [1.165, 1.54) is 11.1 Å². The zero-order valence-electron chi connectivity index (χ0n) is 11.3. The first kappa shape index (κ1) is 12.9. The Bertz CT molecular complexity index is 514. The molecule has 1 unspecified atom stereocenters. The Labute approximate surface area is 108 Å². The Kier molecular flexibility index (Phi) is 3.29. The van der Waals surface area contributed by atoms with E-state index in [-0.39, 0.29) is 5.41 Å². The minimum absolute atomic E-state index is 0.345. The maximum absolute atomic E-state index is 11.4. The fraction of sp³-hybridized carbons (Fsp3) is 0.438. The number of rotatable bonds is 2. The lowest BCUT2D eigenvalue weighted by Crippen LogP contribution is -2.31. The number of hydrogen-bond donors (Lipinski definition) is 1. The molecule has 0 heterocycles. The predicted molar refractivity (Wildman–Crippen MR) is 72.8 cm³/mol. The molecular weight excluding hydrogens is 224 g/mol. The van der Waals surface area contributed by atoms with Gasteiger partial charge in [0.15, 0.2) is 0 Å². The molecular formula is C16H20O2. The molecule has 0 saturated heterocycles. The highest BCUT2D eigenvalue weighted by Crippen LogP contribution is 2.40. The van der Waals surface area contributed by atoms with Gasteiger partial charge in [-0.05, 0) is 49.8 Å². The number of aliphatic carboxylic acids is 1. The molecule has 2 rings (SSSR count). The number of carboxylic acid groups (broad SMARTS) is 1. The van der Waals surface area contributed by atoms with Crippen LogP contribution in [-0.4, -0.2) is 11.1 Å². The standard InChI is InChI=1S/C16H20O2/c1-11-7-8-13(10-12(11)2)16(3)9-5-4-6-14(16)15(17)18/h6-8,10H,4-5,9H2,1-3H3,(H,17,18). The second-order valence-electron chi connectivity index (χ2n) is 5.45. The van der Waals surface area contributed by atoms with E-state index in [1.54, 1.807) is 0 Å². The third kappa shape index (κ3) is 2.07. The van der Waals surface area contributed by atoms with Crippen LogP contribution in [0.3, 0.4) is 0 Å². The molecule has 1 aromatic rings. The van der Waals surface area contributed by atoms with Crippen LogP contribution in [0.1, 0.15) is 42.9 Å². The van der Waals surface area contributed by atoms with Gasteiger partial charge in [0, 0.05) is 11.0 Å². The van der Waals surface area contributed by atoms with E-state index in [9.17, 15) is 9.90 Å². The third-order valence-electron chi connectivity index (χ3n) is 4.20. The highest BCUT2D eigenvalue weighted by Gasteiger charge is 2.36. The second-order valence-corrected chi connectivity index (χ2v) is 5.45. The monoisotopic (exact) mass is 244 g/mol. The van der Waals surface area contributed by atoms with Crippen molar-refractivity contribution in [3.05, 3.63) is 46.5 Å². The van der Waals surface area contributed by atoms with Crippen LogP contribution >= 0.6 is 0 Å². The van der Waals surface area contributed by atoms with E-state index in [2.05, 4.69) is 39.0 Å². The Balaban J connectivity index is 2.51. The van der Waals surface area contributed by atoms with Crippen molar-refractivity contribution in [2.45, 2.75) is 45.4 Å². The summed E-state index contributed by atoms with van der Waals surface area (Å²) in [5.41, 5.74) is 3.81. The SMILES string of the molecule is Cc1ccc(C2(C)CCCC=C2C(=O)O)cc1C. The summed E-state index contributed by atoms with van der Waals surface area (Å²) in [6.07, 6.45) is 4.73. The fourth-order valence-corrected chi connectivity index (χ4v) is 2.77. The van der Waals surface area contributed by atoms with Gasteiger partial charge in [-0.2, -0.15) is 0 Å². The number of benzene rings is 1. The van der Waals surface area contributed by atoms with Gasteiger partial charge in [-0.1, -0.05) is 31.2 Å². The molecule has 1 atom stereocenters. The van der Waals surface area contributed by atoms with Crippen LogP contribution in [0.15, 0.2) is 29.8 Å². The Morgan fingerprint density at radius 3 is 2.61 bits per heavy atom. The van der Waals surface area contributed by atoms with Crippen LogP contribution in [0.25, 0.3) is 0 Å². The van der Waals surface area contributed by atoms with Crippen molar-refractivity contribution in [2.75, 3.05) is 0 Å². The van der Waals surface area contributed by atoms with Gasteiger partial charge in [0.05, 0.1) is 0 Å². The molecule has 2 nitrogen and oxygen atoms in total. The van der Waals surface area contributed by atoms with E-state index in [4.69, 9.17) is 0 Å². The first-order valence-corrected chi connectivity index (χ1v) is 6.47. The average Bonchev–Trinajstić information content (AvgIpc) is 2.32. The minimum Gasteiger partial charge on any atom is -0.478 e. The van der Waals surface area contributed by atoms with Crippen molar-refractivity contribution in [1.82, 2.24) is 0 Å². The van der Waals surface area contributed by atoms with Crippen LogP contribution in [0, 0.1) is 13.8 Å². The van der Waals surface area contributed by atoms with Gasteiger partial charge in [0.25, 0.3) is 0 Å². The number of carbonyl (C=O) groups is 1. The maximum Gasteiger partial charge on any atom is 0.332 e. The molecule has 18 heavy (non-hydrogen) atoms. The van der Waals surface area contributed by atoms with Gasteiger partial charge in [0.2, 0.25) is 0 Å². The maximum atomic E-state index is 11.4. The number of hydrogen-bond acceptors (Lipinski definition) is 1. The highest BCUT2D eigenvalue weighted by molar-refractivity contribution is 5.90. The van der Waals surface area contributed by atoms with Crippen molar-refractivity contribution in [3.63, 3.8) is 0 Å². The molecule has 0 radical (unpaired) electrons. The molecule has 2 heteroatoms. The molecule has 96 valence electrons. The third-order valence-corrected chi connectivity index (χ3v) is 4.20. The lowest BCUT2D eigenvalue weighted by atomic mass is 9.69. The molecule has 0 aromatic heterocycles. The van der Waals surface area contributed by atoms with Gasteiger partial charge in [-0.3, -0.25) is 0 Å². The van der Waals surface area contributed by atoms with E-state index in [0.29, 0.717) is 5.57 Å². The average molecular weight is 244 g/mol. The van der Waals surface area contributed by atoms with Crippen molar-refractivity contribution >= 4 is 5.97 Å². The Hall–Kier alpha value is -1.57. The molecule has 0 saturated carbocycles. The molecule has 0 amide bonds. The van der Waals surface area contributed by atoms with Crippen molar-refractivity contribution in [3.8, 4) is 0 Å². The first-order valence-electron chi connectivity index (χ1n) is 6.47. The smallest absolute Gasteiger partial charge is 0.332 e. The number of aryl methyl sites for hydroxylation is 2. The predicted octanol–water partition coefficient (Wildman–Crippen LogP) is 3.76. The van der Waals surface area contributed by atoms with Crippen molar-refractivity contribution < 1.29 is 9.90 Å². The van der Waals surface area contributed by atoms with Gasteiger partial charge in [0.1, 0.15) is 0 Å². The summed E-state index contributed by atoms with van der Waals surface area (Å²) in [5, 5.41) is 9.39. The Morgan fingerprint density at radius 1 is 1.28 bits per heavy atom. The van der Waals surface area contributed by atoms with Gasteiger partial charge < -0.3 is 5.11 Å². The summed E-state index contributed by atoms with van der Waals surface area (Å²) >= 11 is 0. The summed E-state index contributed by atoms with van der Waals surface area (Å²) in [4.78, 5) is 11.4. The van der Waals surface area contributed by atoms with E-state index < -0.39 is 5.97 Å². The molecule has 0 spiro atoms. The van der Waals surface area contributed by atoms with E-state index >= 15 is 0 Å². The number of carboxylic acids is 1. The van der Waals surface area contributed by atoms with Crippen molar-refractivity contribution in [1.29, 1.82) is 0 Å². The summed E-state index contributed by atoms with van der Waals surface area (Å²) in [6.45, 7) is 6.21. The van der Waals surface area contributed by atoms with Crippen LogP contribution in [0.5, 0.6) is 0 Å². The van der Waals surface area contributed by atoms with Gasteiger partial charge >= 0.3 is 5.97 Å². The molecule has 1 N–H and O–H groups in total. The topological polar surface area (TPSA) is 37.3 Å². The molecule has 1 aliphatic rings. The largest absolute Gasteiger partial charge is 0.478 e. The fourth-order valence-electron chi connectivity index (χ4n) is 2.77. The lowest BCUT2D eigenvalue weighted by Gasteiger charge is -2.34. The lowest BCUT2D eigenvalue weighted by molar-refractivity contribution is -0.133. The molecule has 0 aliphatic heterocycles. The van der Waals surface area contributed by atoms with Gasteiger partial charge in [-0.25, -0.2) is 4.79 Å². The first-order chi connectivity index (χ1) is 8.45. The summed E-state index contributed by atoms with van der Waals surface area (Å²) in [5.74, 6) is -0.782. The quantitative estimate of drug-likeness (QED) is 0.860. The van der Waals surface area contributed by atoms with Crippen molar-refractivity contribution in [2.24, 2.45) is 0 Å². The van der Waals surface area contributed by atoms with E-state index in [1.807, 2.05) is 6.08 Å². The summed E-state index contributed by atoms with van der Waals surface area (Å²) in [6, 6.07) is 6.30. The van der Waals surface area contributed by atoms with Gasteiger partial charge in [-0.15, -0.1) is 0 Å². The molecule has 1 aliphatic carbocycles. The zero-order chi connectivity index (χ0) is 13.3. The molecule has 0 fully saturated rings. The normalized spacial score (nSPS) is 23.6. The number of allylic oxidation sites excluding steroid dienone is 1. The highest BCUT2D eigenvalue weighted by atomic mass is 16.4. The molecule has 1 aromatic carbocycles. The van der Waals surface area contributed by atoms with Crippen LogP contribution in [-0.2, 0) is 10.2 Å². The minimum atomic E-state index is -0.782. The summed E-state index contributed by atoms with van der Waals surface area (Å²) < 4.78 is 0.